The van der Waals surface area contributed by atoms with Gasteiger partial charge in [-0.15, -0.1) is 0 Å². The Morgan fingerprint density at radius 3 is 2.80 bits per heavy atom. The molecule has 15 heavy (non-hydrogen) atoms. The summed E-state index contributed by atoms with van der Waals surface area (Å²) in [5.74, 6) is 0.645. The molecular formula is C9H11N5O. The highest BCUT2D eigenvalue weighted by molar-refractivity contribution is 5.01. The van der Waals surface area contributed by atoms with Gasteiger partial charge < -0.3 is 9.84 Å². The molecule has 0 fully saturated rings. The first kappa shape index (κ1) is 9.72. The van der Waals surface area contributed by atoms with E-state index in [0.29, 0.717) is 5.89 Å². The van der Waals surface area contributed by atoms with Crippen LogP contribution in [0.3, 0.4) is 0 Å². The molecule has 2 heterocycles. The van der Waals surface area contributed by atoms with Crippen molar-refractivity contribution in [2.24, 2.45) is 0 Å². The molecule has 2 aromatic rings. The highest BCUT2D eigenvalue weighted by atomic mass is 16.5. The van der Waals surface area contributed by atoms with Crippen LogP contribution in [-0.4, -0.2) is 26.7 Å². The molecule has 6 nitrogen and oxygen atoms in total. The van der Waals surface area contributed by atoms with Gasteiger partial charge in [0.05, 0.1) is 0 Å². The van der Waals surface area contributed by atoms with Gasteiger partial charge in [-0.3, -0.25) is 0 Å². The molecule has 0 saturated heterocycles. The summed E-state index contributed by atoms with van der Waals surface area (Å²) in [4.78, 5) is 11.8. The van der Waals surface area contributed by atoms with Gasteiger partial charge in [0.2, 0.25) is 5.89 Å². The zero-order valence-electron chi connectivity index (χ0n) is 8.13. The minimum Gasteiger partial charge on any atom is -0.340 e. The van der Waals surface area contributed by atoms with Gasteiger partial charge in [-0.1, -0.05) is 5.16 Å². The smallest absolute Gasteiger partial charge is 0.227 e. The van der Waals surface area contributed by atoms with E-state index in [1.807, 2.05) is 0 Å². The fourth-order valence-electron chi connectivity index (χ4n) is 1.16. The lowest BCUT2D eigenvalue weighted by Crippen LogP contribution is -2.17. The van der Waals surface area contributed by atoms with Gasteiger partial charge in [-0.25, -0.2) is 9.97 Å². The molecule has 0 spiro atoms. The van der Waals surface area contributed by atoms with Crippen LogP contribution in [0.5, 0.6) is 0 Å². The average Bonchev–Trinajstić information content (AvgIpc) is 2.79. The molecule has 0 aromatic carbocycles. The topological polar surface area (TPSA) is 76.7 Å². The number of hydrogen-bond acceptors (Lipinski definition) is 6. The Kier molecular flexibility index (Phi) is 3.34. The molecule has 0 unspecified atom stereocenters. The normalized spacial score (nSPS) is 10.4. The summed E-state index contributed by atoms with van der Waals surface area (Å²) in [5, 5.41) is 6.76. The third kappa shape index (κ3) is 3.10. The minimum absolute atomic E-state index is 0.645. The highest BCUT2D eigenvalue weighted by Crippen LogP contribution is 1.93. The fourth-order valence-corrected chi connectivity index (χ4v) is 1.16. The van der Waals surface area contributed by atoms with E-state index < -0.39 is 0 Å². The Morgan fingerprint density at radius 2 is 2.07 bits per heavy atom. The van der Waals surface area contributed by atoms with Gasteiger partial charge in [0.15, 0.2) is 6.33 Å². The molecule has 0 radical (unpaired) electrons. The first-order valence-corrected chi connectivity index (χ1v) is 4.65. The van der Waals surface area contributed by atoms with Crippen LogP contribution >= 0.6 is 0 Å². The van der Waals surface area contributed by atoms with Gasteiger partial charge >= 0.3 is 0 Å². The van der Waals surface area contributed by atoms with Crippen LogP contribution in [0.2, 0.25) is 0 Å². The standard InChI is InChI=1S/C9H11N5O/c1(9-13-7-14-15-9)2-10-3-8-4-11-6-12-5-8/h4-7,10H,1-3H2. The average molecular weight is 205 g/mol. The SMILES string of the molecule is c1ncc(CNCCc2ncno2)cn1. The Balaban J connectivity index is 1.68. The number of rotatable bonds is 5. The van der Waals surface area contributed by atoms with E-state index >= 15 is 0 Å². The summed E-state index contributed by atoms with van der Waals surface area (Å²) in [6.45, 7) is 1.53. The van der Waals surface area contributed by atoms with Crippen LogP contribution < -0.4 is 5.32 Å². The first-order chi connectivity index (χ1) is 7.45. The van der Waals surface area contributed by atoms with Crippen LogP contribution in [0.15, 0.2) is 29.6 Å². The van der Waals surface area contributed by atoms with Gasteiger partial charge in [-0.2, -0.15) is 4.98 Å². The molecule has 0 amide bonds. The van der Waals surface area contributed by atoms with Gasteiger partial charge in [0.25, 0.3) is 0 Å². The van der Waals surface area contributed by atoms with Gasteiger partial charge in [0, 0.05) is 37.5 Å². The molecule has 1 N–H and O–H groups in total. The van der Waals surface area contributed by atoms with Crippen LogP contribution in [-0.2, 0) is 13.0 Å². The second-order valence-electron chi connectivity index (χ2n) is 3.01. The minimum atomic E-state index is 0.645. The predicted octanol–water partition coefficient (Wildman–Crippen LogP) is 0.192. The Labute approximate surface area is 86.8 Å². The molecule has 0 bridgehead atoms. The summed E-state index contributed by atoms with van der Waals surface area (Å²) in [5.41, 5.74) is 1.06. The molecule has 78 valence electrons. The van der Waals surface area contributed by atoms with E-state index in [1.54, 1.807) is 12.4 Å². The fraction of sp³-hybridized carbons (Fsp3) is 0.333. The quantitative estimate of drug-likeness (QED) is 0.702. The summed E-state index contributed by atoms with van der Waals surface area (Å²) < 4.78 is 4.86. The second-order valence-corrected chi connectivity index (χ2v) is 3.01. The lowest BCUT2D eigenvalue weighted by molar-refractivity contribution is 0.375. The number of nitrogens with one attached hydrogen (secondary N) is 1. The van der Waals surface area contributed by atoms with Crippen molar-refractivity contribution in [3.8, 4) is 0 Å². The van der Waals surface area contributed by atoms with Crippen LogP contribution in [0.25, 0.3) is 0 Å². The summed E-state index contributed by atoms with van der Waals surface area (Å²) in [6.07, 6.45) is 7.22. The van der Waals surface area contributed by atoms with E-state index in [9.17, 15) is 0 Å². The Bertz CT molecular complexity index is 375. The highest BCUT2D eigenvalue weighted by Gasteiger charge is 1.98. The van der Waals surface area contributed by atoms with Crippen molar-refractivity contribution in [3.63, 3.8) is 0 Å². The van der Waals surface area contributed by atoms with Crippen molar-refractivity contribution in [1.82, 2.24) is 25.4 Å². The maximum atomic E-state index is 4.86. The molecule has 0 atom stereocenters. The van der Waals surface area contributed by atoms with E-state index in [0.717, 1.165) is 25.1 Å². The van der Waals surface area contributed by atoms with E-state index in [2.05, 4.69) is 25.4 Å². The number of aromatic nitrogens is 4. The zero-order chi connectivity index (χ0) is 10.3. The van der Waals surface area contributed by atoms with E-state index in [1.165, 1.54) is 12.7 Å². The molecule has 6 heteroatoms. The van der Waals surface area contributed by atoms with Crippen LogP contribution in [0, 0.1) is 0 Å². The van der Waals surface area contributed by atoms with E-state index in [-0.39, 0.29) is 0 Å². The molecule has 0 aliphatic carbocycles. The van der Waals surface area contributed by atoms with Gasteiger partial charge in [0.1, 0.15) is 6.33 Å². The number of nitrogens with zero attached hydrogens (tertiary/aromatic N) is 4. The third-order valence-electron chi connectivity index (χ3n) is 1.87. The predicted molar refractivity (Wildman–Crippen MR) is 51.7 cm³/mol. The van der Waals surface area contributed by atoms with Crippen molar-refractivity contribution >= 4 is 0 Å². The molecular weight excluding hydrogens is 194 g/mol. The molecule has 0 saturated carbocycles. The van der Waals surface area contributed by atoms with Crippen LogP contribution in [0.4, 0.5) is 0 Å². The summed E-state index contributed by atoms with van der Waals surface area (Å²) in [6, 6.07) is 0. The third-order valence-corrected chi connectivity index (χ3v) is 1.87. The van der Waals surface area contributed by atoms with Crippen LogP contribution in [0.1, 0.15) is 11.5 Å². The van der Waals surface area contributed by atoms with Crippen molar-refractivity contribution in [2.45, 2.75) is 13.0 Å². The van der Waals surface area contributed by atoms with Gasteiger partial charge in [-0.05, 0) is 0 Å². The summed E-state index contributed by atoms with van der Waals surface area (Å²) >= 11 is 0. The molecule has 0 aliphatic rings. The molecule has 2 rings (SSSR count). The Hall–Kier alpha value is -1.82. The monoisotopic (exact) mass is 205 g/mol. The summed E-state index contributed by atoms with van der Waals surface area (Å²) in [7, 11) is 0. The zero-order valence-corrected chi connectivity index (χ0v) is 8.13. The second kappa shape index (κ2) is 5.16. The first-order valence-electron chi connectivity index (χ1n) is 4.65. The lowest BCUT2D eigenvalue weighted by Gasteiger charge is -2.01. The Morgan fingerprint density at radius 1 is 1.20 bits per heavy atom. The van der Waals surface area contributed by atoms with Crippen molar-refractivity contribution < 1.29 is 4.52 Å². The molecule has 2 aromatic heterocycles. The van der Waals surface area contributed by atoms with E-state index in [4.69, 9.17) is 4.52 Å². The largest absolute Gasteiger partial charge is 0.340 e. The maximum Gasteiger partial charge on any atom is 0.227 e. The van der Waals surface area contributed by atoms with Crippen molar-refractivity contribution in [1.29, 1.82) is 0 Å². The lowest BCUT2D eigenvalue weighted by atomic mass is 10.3. The van der Waals surface area contributed by atoms with Crippen molar-refractivity contribution in [2.75, 3.05) is 6.54 Å². The number of hydrogen-bond donors (Lipinski definition) is 1. The maximum absolute atomic E-state index is 4.86. The molecule has 0 aliphatic heterocycles. The van der Waals surface area contributed by atoms with Crippen molar-refractivity contribution in [3.05, 3.63) is 36.5 Å².